The van der Waals surface area contributed by atoms with Gasteiger partial charge in [-0.2, -0.15) is 4.98 Å². The van der Waals surface area contributed by atoms with Crippen molar-refractivity contribution in [2.45, 2.75) is 56.3 Å². The molecule has 1 saturated heterocycles. The van der Waals surface area contributed by atoms with Gasteiger partial charge in [0.25, 0.3) is 5.72 Å². The lowest BCUT2D eigenvalue weighted by Gasteiger charge is -2.34. The normalized spacial score (nSPS) is 32.2. The Morgan fingerprint density at radius 1 is 1.56 bits per heavy atom. The van der Waals surface area contributed by atoms with Gasteiger partial charge in [-0.15, -0.1) is 0 Å². The molecule has 25 heavy (non-hydrogen) atoms. The van der Waals surface area contributed by atoms with Crippen molar-refractivity contribution in [3.8, 4) is 0 Å². The maximum absolute atomic E-state index is 12.8. The predicted molar refractivity (Wildman–Crippen MR) is 87.3 cm³/mol. The van der Waals surface area contributed by atoms with Crippen molar-refractivity contribution in [2.24, 2.45) is 0 Å². The monoisotopic (exact) mass is 351 g/mol. The molecule has 4 atom stereocenters. The highest BCUT2D eigenvalue weighted by Gasteiger charge is 2.61. The van der Waals surface area contributed by atoms with Crippen LogP contribution in [0.4, 0.5) is 5.82 Å². The molecule has 2 fully saturated rings. The van der Waals surface area contributed by atoms with E-state index in [-0.39, 0.29) is 17.5 Å². The third-order valence-electron chi connectivity index (χ3n) is 4.75. The number of aromatic nitrogens is 2. The molecule has 4 N–H and O–H groups in total. The number of esters is 1. The predicted octanol–water partition coefficient (Wildman–Crippen LogP) is -0.642. The number of ether oxygens (including phenoxy) is 2. The molecule has 0 amide bonds. The molecule has 0 radical (unpaired) electrons. The van der Waals surface area contributed by atoms with Crippen LogP contribution in [0.5, 0.6) is 0 Å². The summed E-state index contributed by atoms with van der Waals surface area (Å²) >= 11 is 0. The minimum atomic E-state index is -2.23. The fourth-order valence-corrected chi connectivity index (χ4v) is 2.98. The van der Waals surface area contributed by atoms with Crippen molar-refractivity contribution in [1.29, 1.82) is 0 Å². The Balaban J connectivity index is 2.13. The minimum Gasteiger partial charge on any atom is -0.459 e. The van der Waals surface area contributed by atoms with Crippen molar-refractivity contribution in [3.63, 3.8) is 0 Å². The number of hydrogen-bond acceptors (Lipinski definition) is 8. The molecule has 3 rings (SSSR count). The minimum absolute atomic E-state index is 0.0696. The number of aliphatic hydroxyl groups is 2. The van der Waals surface area contributed by atoms with E-state index in [2.05, 4.69) is 11.6 Å². The van der Waals surface area contributed by atoms with Gasteiger partial charge in [-0.1, -0.05) is 12.7 Å². The number of nitrogens with two attached hydrogens (primary N) is 1. The Hall–Kier alpha value is -2.23. The van der Waals surface area contributed by atoms with E-state index in [0.717, 1.165) is 11.0 Å². The Bertz CT molecular complexity index is 759. The van der Waals surface area contributed by atoms with Gasteiger partial charge in [0, 0.05) is 11.8 Å². The second-order valence-corrected chi connectivity index (χ2v) is 6.35. The van der Waals surface area contributed by atoms with Gasteiger partial charge in [-0.05, 0) is 26.2 Å². The SMILES string of the molecule is C=Cc1cn([C@]2(C(=O)OC3CCC3)O[C@H](C)[C@@H](O)[C@H]2O)c(=O)nc1N. The van der Waals surface area contributed by atoms with Gasteiger partial charge in [0.2, 0.25) is 0 Å². The lowest BCUT2D eigenvalue weighted by molar-refractivity contribution is -0.207. The van der Waals surface area contributed by atoms with Crippen LogP contribution in [0.2, 0.25) is 0 Å². The van der Waals surface area contributed by atoms with Crippen LogP contribution in [-0.4, -0.2) is 50.1 Å². The smallest absolute Gasteiger partial charge is 0.363 e. The van der Waals surface area contributed by atoms with Gasteiger partial charge >= 0.3 is 11.7 Å². The van der Waals surface area contributed by atoms with Crippen molar-refractivity contribution >= 4 is 17.9 Å². The molecule has 9 heteroatoms. The van der Waals surface area contributed by atoms with Gasteiger partial charge in [0.1, 0.15) is 24.1 Å². The average Bonchev–Trinajstić information content (AvgIpc) is 2.76. The summed E-state index contributed by atoms with van der Waals surface area (Å²) in [5.41, 5.74) is 2.79. The topological polar surface area (TPSA) is 137 Å². The van der Waals surface area contributed by atoms with Crippen molar-refractivity contribution in [3.05, 3.63) is 28.8 Å². The number of anilines is 1. The molecule has 2 heterocycles. The summed E-state index contributed by atoms with van der Waals surface area (Å²) in [6, 6.07) is 0. The van der Waals surface area contributed by atoms with E-state index >= 15 is 0 Å². The van der Waals surface area contributed by atoms with Crippen LogP contribution in [0.25, 0.3) is 6.08 Å². The number of hydrogen-bond donors (Lipinski definition) is 3. The Kier molecular flexibility index (Phi) is 4.40. The van der Waals surface area contributed by atoms with Crippen molar-refractivity contribution in [1.82, 2.24) is 9.55 Å². The third kappa shape index (κ3) is 2.64. The largest absolute Gasteiger partial charge is 0.459 e. The first-order valence-corrected chi connectivity index (χ1v) is 8.08. The molecule has 1 aliphatic carbocycles. The fourth-order valence-electron chi connectivity index (χ4n) is 2.98. The molecule has 0 unspecified atom stereocenters. The highest BCUT2D eigenvalue weighted by molar-refractivity contribution is 5.79. The number of carbonyl (C=O) groups excluding carboxylic acids is 1. The van der Waals surface area contributed by atoms with Crippen molar-refractivity contribution < 1.29 is 24.5 Å². The van der Waals surface area contributed by atoms with Crippen LogP contribution in [0.1, 0.15) is 31.7 Å². The molecular formula is C16H21N3O6. The summed E-state index contributed by atoms with van der Waals surface area (Å²) in [7, 11) is 0. The number of aliphatic hydroxyl groups excluding tert-OH is 2. The summed E-state index contributed by atoms with van der Waals surface area (Å²) in [6.45, 7) is 5.05. The summed E-state index contributed by atoms with van der Waals surface area (Å²) in [5, 5.41) is 20.7. The van der Waals surface area contributed by atoms with Crippen LogP contribution >= 0.6 is 0 Å². The maximum Gasteiger partial charge on any atom is 0.363 e. The zero-order valence-corrected chi connectivity index (χ0v) is 13.8. The van der Waals surface area contributed by atoms with Crippen LogP contribution in [0.15, 0.2) is 17.6 Å². The molecule has 9 nitrogen and oxygen atoms in total. The molecule has 1 aliphatic heterocycles. The first-order chi connectivity index (χ1) is 11.8. The first-order valence-electron chi connectivity index (χ1n) is 8.08. The third-order valence-corrected chi connectivity index (χ3v) is 4.75. The number of carbonyl (C=O) groups is 1. The Morgan fingerprint density at radius 3 is 2.72 bits per heavy atom. The Labute approximate surface area is 143 Å². The molecule has 0 aromatic carbocycles. The molecular weight excluding hydrogens is 330 g/mol. The standard InChI is InChI=1S/C16H21N3O6/c1-3-9-7-19(15(23)18-13(9)17)16(12(21)11(20)8(2)25-16)14(22)24-10-5-4-6-10/h3,7-8,10-12,20-21H,1,4-6H2,2H3,(H2,17,18,23)/t8-,11-,12-,16+/m1/s1. The quantitative estimate of drug-likeness (QED) is 0.609. The lowest BCUT2D eigenvalue weighted by atomic mass is 9.95. The summed E-state index contributed by atoms with van der Waals surface area (Å²) in [6.07, 6.45) is 0.591. The van der Waals surface area contributed by atoms with Crippen LogP contribution in [-0.2, 0) is 20.0 Å². The van der Waals surface area contributed by atoms with Gasteiger partial charge in [0.05, 0.1) is 6.10 Å². The second-order valence-electron chi connectivity index (χ2n) is 6.35. The zero-order chi connectivity index (χ0) is 18.4. The molecule has 1 aromatic heterocycles. The summed E-state index contributed by atoms with van der Waals surface area (Å²) in [5.74, 6) is -1.02. The van der Waals surface area contributed by atoms with E-state index in [9.17, 15) is 19.8 Å². The summed E-state index contributed by atoms with van der Waals surface area (Å²) < 4.78 is 11.8. The first kappa shape index (κ1) is 17.6. The van der Waals surface area contributed by atoms with Gasteiger partial charge in [-0.3, -0.25) is 4.57 Å². The molecule has 1 saturated carbocycles. The van der Waals surface area contributed by atoms with Gasteiger partial charge in [0.15, 0.2) is 0 Å². The molecule has 2 aliphatic rings. The highest BCUT2D eigenvalue weighted by Crippen LogP contribution is 2.38. The lowest BCUT2D eigenvalue weighted by Crippen LogP contribution is -2.57. The van der Waals surface area contributed by atoms with E-state index in [0.29, 0.717) is 12.8 Å². The zero-order valence-electron chi connectivity index (χ0n) is 13.8. The van der Waals surface area contributed by atoms with E-state index in [1.165, 1.54) is 19.2 Å². The summed E-state index contributed by atoms with van der Waals surface area (Å²) in [4.78, 5) is 28.9. The van der Waals surface area contributed by atoms with Crippen LogP contribution in [0.3, 0.4) is 0 Å². The average molecular weight is 351 g/mol. The molecule has 0 spiro atoms. The Morgan fingerprint density at radius 2 is 2.24 bits per heavy atom. The number of nitrogens with zero attached hydrogens (tertiary/aromatic N) is 2. The molecule has 1 aromatic rings. The maximum atomic E-state index is 12.8. The van der Waals surface area contributed by atoms with Crippen molar-refractivity contribution in [2.75, 3.05) is 5.73 Å². The molecule has 136 valence electrons. The van der Waals surface area contributed by atoms with E-state index in [1.54, 1.807) is 0 Å². The highest BCUT2D eigenvalue weighted by atomic mass is 16.6. The van der Waals surface area contributed by atoms with Crippen LogP contribution < -0.4 is 11.4 Å². The van der Waals surface area contributed by atoms with Gasteiger partial charge < -0.3 is 25.4 Å². The van der Waals surface area contributed by atoms with E-state index < -0.39 is 35.7 Å². The molecule has 0 bridgehead atoms. The van der Waals surface area contributed by atoms with E-state index in [1.807, 2.05) is 0 Å². The van der Waals surface area contributed by atoms with E-state index in [4.69, 9.17) is 15.2 Å². The number of rotatable bonds is 4. The van der Waals surface area contributed by atoms with Crippen LogP contribution in [0, 0.1) is 0 Å². The van der Waals surface area contributed by atoms with Gasteiger partial charge in [-0.25, -0.2) is 9.59 Å². The fraction of sp³-hybridized carbons (Fsp3) is 0.562. The number of nitrogen functional groups attached to an aromatic ring is 1. The second kappa shape index (κ2) is 6.25.